The van der Waals surface area contributed by atoms with E-state index in [0.717, 1.165) is 17.9 Å². The average molecular weight is 283 g/mol. The number of hydrogen-bond donors (Lipinski definition) is 2. The topological polar surface area (TPSA) is 58.4 Å². The Morgan fingerprint density at radius 1 is 1.14 bits per heavy atom. The fraction of sp³-hybridized carbons (Fsp3) is 0.235. The molecule has 0 aliphatic rings. The number of nitrogen functional groups attached to an aromatic ring is 1. The van der Waals surface area contributed by atoms with Gasteiger partial charge in [0, 0.05) is 36.6 Å². The second kappa shape index (κ2) is 7.33. The number of nitrogens with one attached hydrogen (secondary N) is 1. The van der Waals surface area contributed by atoms with Gasteiger partial charge < -0.3 is 16.0 Å². The number of carbonyl (C=O) groups is 1. The number of benzene rings is 2. The Kier molecular flexibility index (Phi) is 5.21. The first-order chi connectivity index (χ1) is 10.2. The van der Waals surface area contributed by atoms with Crippen LogP contribution in [0.15, 0.2) is 54.6 Å². The van der Waals surface area contributed by atoms with Gasteiger partial charge >= 0.3 is 0 Å². The number of hydrogen-bond acceptors (Lipinski definition) is 3. The van der Waals surface area contributed by atoms with Gasteiger partial charge in [-0.1, -0.05) is 24.3 Å². The van der Waals surface area contributed by atoms with Crippen LogP contribution < -0.4 is 16.0 Å². The van der Waals surface area contributed by atoms with Crippen LogP contribution in [0.2, 0.25) is 0 Å². The molecular formula is C17H21N3O. The van der Waals surface area contributed by atoms with E-state index in [-0.39, 0.29) is 5.91 Å². The lowest BCUT2D eigenvalue weighted by Crippen LogP contribution is -2.27. The number of nitrogens with two attached hydrogens (primary N) is 1. The summed E-state index contributed by atoms with van der Waals surface area (Å²) in [6.07, 6.45) is 0.442. The van der Waals surface area contributed by atoms with E-state index in [1.807, 2.05) is 30.3 Å². The highest BCUT2D eigenvalue weighted by atomic mass is 16.1. The second-order valence-electron chi connectivity index (χ2n) is 4.84. The van der Waals surface area contributed by atoms with E-state index in [9.17, 15) is 4.79 Å². The minimum Gasteiger partial charge on any atom is -0.399 e. The van der Waals surface area contributed by atoms with Gasteiger partial charge in [-0.05, 0) is 37.3 Å². The molecule has 1 amide bonds. The Labute approximate surface area is 125 Å². The molecule has 4 heteroatoms. The maximum absolute atomic E-state index is 12.0. The molecule has 0 spiro atoms. The summed E-state index contributed by atoms with van der Waals surface area (Å²) in [5, 5.41) is 2.87. The largest absolute Gasteiger partial charge is 0.399 e. The van der Waals surface area contributed by atoms with Gasteiger partial charge in [0.15, 0.2) is 0 Å². The van der Waals surface area contributed by atoms with Gasteiger partial charge in [-0.3, -0.25) is 4.79 Å². The van der Waals surface area contributed by atoms with E-state index in [1.165, 1.54) is 0 Å². The van der Waals surface area contributed by atoms with Gasteiger partial charge in [0.2, 0.25) is 5.91 Å². The Morgan fingerprint density at radius 2 is 1.90 bits per heavy atom. The maximum Gasteiger partial charge on any atom is 0.226 e. The molecule has 2 rings (SSSR count). The number of nitrogens with zero attached hydrogens (tertiary/aromatic N) is 1. The van der Waals surface area contributed by atoms with Crippen molar-refractivity contribution in [1.29, 1.82) is 0 Å². The predicted molar refractivity (Wildman–Crippen MR) is 88.4 cm³/mol. The predicted octanol–water partition coefficient (Wildman–Crippen LogP) is 3.12. The molecule has 0 aliphatic heterocycles. The van der Waals surface area contributed by atoms with Crippen molar-refractivity contribution in [2.45, 2.75) is 13.3 Å². The molecule has 2 aromatic rings. The van der Waals surface area contributed by atoms with Crippen LogP contribution >= 0.6 is 0 Å². The molecular weight excluding hydrogens is 262 g/mol. The summed E-state index contributed by atoms with van der Waals surface area (Å²) in [4.78, 5) is 14.2. The van der Waals surface area contributed by atoms with Crippen molar-refractivity contribution in [3.05, 3.63) is 54.6 Å². The summed E-state index contributed by atoms with van der Waals surface area (Å²) in [5.74, 6) is -0.00465. The molecule has 0 saturated heterocycles. The van der Waals surface area contributed by atoms with Crippen LogP contribution in [0.1, 0.15) is 13.3 Å². The zero-order chi connectivity index (χ0) is 15.1. The number of rotatable bonds is 6. The van der Waals surface area contributed by atoms with Crippen LogP contribution in [0.4, 0.5) is 17.1 Å². The van der Waals surface area contributed by atoms with E-state index in [0.29, 0.717) is 18.7 Å². The molecule has 2 aromatic carbocycles. The van der Waals surface area contributed by atoms with Crippen molar-refractivity contribution in [3.8, 4) is 0 Å². The molecule has 0 fully saturated rings. The standard InChI is InChI=1S/C17H21N3O/c1-2-20(16-9-4-3-5-10-16)12-11-17(21)19-15-8-6-7-14(18)13-15/h3-10,13H,2,11-12,18H2,1H3,(H,19,21). The minimum atomic E-state index is -0.00465. The molecule has 3 N–H and O–H groups in total. The summed E-state index contributed by atoms with van der Waals surface area (Å²) in [6.45, 7) is 3.65. The SMILES string of the molecule is CCN(CCC(=O)Nc1cccc(N)c1)c1ccccc1. The molecule has 4 nitrogen and oxygen atoms in total. The molecule has 0 heterocycles. The maximum atomic E-state index is 12.0. The van der Waals surface area contributed by atoms with E-state index in [1.54, 1.807) is 12.1 Å². The number of para-hydroxylation sites is 1. The summed E-state index contributed by atoms with van der Waals surface area (Å²) in [6, 6.07) is 17.3. The van der Waals surface area contributed by atoms with Gasteiger partial charge in [-0.15, -0.1) is 0 Å². The number of carbonyl (C=O) groups excluding carboxylic acids is 1. The lowest BCUT2D eigenvalue weighted by molar-refractivity contribution is -0.116. The highest BCUT2D eigenvalue weighted by Gasteiger charge is 2.07. The fourth-order valence-electron chi connectivity index (χ4n) is 2.19. The Hall–Kier alpha value is -2.49. The molecule has 110 valence electrons. The van der Waals surface area contributed by atoms with Crippen molar-refractivity contribution in [1.82, 2.24) is 0 Å². The summed E-state index contributed by atoms with van der Waals surface area (Å²) >= 11 is 0. The van der Waals surface area contributed by atoms with Crippen LogP contribution in [-0.2, 0) is 4.79 Å². The van der Waals surface area contributed by atoms with Gasteiger partial charge in [0.05, 0.1) is 0 Å². The average Bonchev–Trinajstić information content (AvgIpc) is 2.49. The van der Waals surface area contributed by atoms with E-state index in [2.05, 4.69) is 29.3 Å². The minimum absolute atomic E-state index is 0.00465. The monoisotopic (exact) mass is 283 g/mol. The Bertz CT molecular complexity index is 584. The number of anilines is 3. The quantitative estimate of drug-likeness (QED) is 0.801. The normalized spacial score (nSPS) is 10.1. The third kappa shape index (κ3) is 4.53. The molecule has 0 unspecified atom stereocenters. The summed E-state index contributed by atoms with van der Waals surface area (Å²) in [7, 11) is 0. The smallest absolute Gasteiger partial charge is 0.226 e. The molecule has 0 atom stereocenters. The van der Waals surface area contributed by atoms with E-state index < -0.39 is 0 Å². The highest BCUT2D eigenvalue weighted by Crippen LogP contribution is 2.14. The first-order valence-electron chi connectivity index (χ1n) is 7.14. The van der Waals surface area contributed by atoms with Crippen molar-refractivity contribution >= 4 is 23.0 Å². The van der Waals surface area contributed by atoms with Crippen LogP contribution in [-0.4, -0.2) is 19.0 Å². The Balaban J connectivity index is 1.88. The summed E-state index contributed by atoms with van der Waals surface area (Å²) < 4.78 is 0. The van der Waals surface area contributed by atoms with Crippen LogP contribution in [0.3, 0.4) is 0 Å². The fourth-order valence-corrected chi connectivity index (χ4v) is 2.19. The van der Waals surface area contributed by atoms with Crippen molar-refractivity contribution < 1.29 is 4.79 Å². The Morgan fingerprint density at radius 3 is 2.57 bits per heavy atom. The third-order valence-corrected chi connectivity index (χ3v) is 3.28. The second-order valence-corrected chi connectivity index (χ2v) is 4.84. The van der Waals surface area contributed by atoms with Crippen molar-refractivity contribution in [2.75, 3.05) is 29.0 Å². The van der Waals surface area contributed by atoms with E-state index in [4.69, 9.17) is 5.73 Å². The highest BCUT2D eigenvalue weighted by molar-refractivity contribution is 5.91. The molecule has 0 bridgehead atoms. The van der Waals surface area contributed by atoms with Gasteiger partial charge in [-0.25, -0.2) is 0 Å². The lowest BCUT2D eigenvalue weighted by atomic mass is 10.2. The van der Waals surface area contributed by atoms with Gasteiger partial charge in [0.25, 0.3) is 0 Å². The first-order valence-corrected chi connectivity index (χ1v) is 7.14. The van der Waals surface area contributed by atoms with Crippen LogP contribution in [0, 0.1) is 0 Å². The lowest BCUT2D eigenvalue weighted by Gasteiger charge is -2.22. The first kappa shape index (κ1) is 14.9. The van der Waals surface area contributed by atoms with Gasteiger partial charge in [-0.2, -0.15) is 0 Å². The molecule has 0 radical (unpaired) electrons. The van der Waals surface area contributed by atoms with E-state index >= 15 is 0 Å². The zero-order valence-electron chi connectivity index (χ0n) is 12.3. The number of amides is 1. The van der Waals surface area contributed by atoms with Crippen molar-refractivity contribution in [3.63, 3.8) is 0 Å². The summed E-state index contributed by atoms with van der Waals surface area (Å²) in [5.41, 5.74) is 8.21. The third-order valence-electron chi connectivity index (χ3n) is 3.28. The molecule has 21 heavy (non-hydrogen) atoms. The van der Waals surface area contributed by atoms with Crippen LogP contribution in [0.5, 0.6) is 0 Å². The molecule has 0 aliphatic carbocycles. The zero-order valence-corrected chi connectivity index (χ0v) is 12.3. The van der Waals surface area contributed by atoms with Crippen molar-refractivity contribution in [2.24, 2.45) is 0 Å². The molecule has 0 aromatic heterocycles. The van der Waals surface area contributed by atoms with Gasteiger partial charge in [0.1, 0.15) is 0 Å². The van der Waals surface area contributed by atoms with Crippen LogP contribution in [0.25, 0.3) is 0 Å². The molecule has 0 saturated carbocycles.